The zero-order chi connectivity index (χ0) is 12.3. The van der Waals surface area contributed by atoms with Gasteiger partial charge in [-0.2, -0.15) is 0 Å². The molecular formula is C12H11O5-. The summed E-state index contributed by atoms with van der Waals surface area (Å²) in [5.74, 6) is -0.0694. The van der Waals surface area contributed by atoms with Crippen molar-refractivity contribution < 1.29 is 24.2 Å². The van der Waals surface area contributed by atoms with Crippen LogP contribution in [0.15, 0.2) is 18.2 Å². The number of hydrogen-bond donors (Lipinski definition) is 0. The molecule has 0 spiro atoms. The van der Waals surface area contributed by atoms with Crippen LogP contribution in [0.5, 0.6) is 11.5 Å². The molecule has 0 unspecified atom stereocenters. The largest absolute Gasteiger partial charge is 0.550 e. The van der Waals surface area contributed by atoms with Gasteiger partial charge in [-0.3, -0.25) is 4.79 Å². The first-order valence-electron chi connectivity index (χ1n) is 5.29. The van der Waals surface area contributed by atoms with Gasteiger partial charge in [-0.15, -0.1) is 0 Å². The Morgan fingerprint density at radius 1 is 1.18 bits per heavy atom. The summed E-state index contributed by atoms with van der Waals surface area (Å²) in [6, 6.07) is 4.94. The predicted molar refractivity (Wildman–Crippen MR) is 55.8 cm³/mol. The maximum absolute atomic E-state index is 11.7. The summed E-state index contributed by atoms with van der Waals surface area (Å²) in [5, 5.41) is 10.2. The maximum atomic E-state index is 11.7. The molecule has 0 aliphatic carbocycles. The van der Waals surface area contributed by atoms with Crippen LogP contribution in [0.2, 0.25) is 0 Å². The lowest BCUT2D eigenvalue weighted by Crippen LogP contribution is -2.21. The average Bonchev–Trinajstić information content (AvgIpc) is 2.75. The van der Waals surface area contributed by atoms with E-state index in [4.69, 9.17) is 9.47 Å². The van der Waals surface area contributed by atoms with E-state index in [1.807, 2.05) is 0 Å². The first kappa shape index (κ1) is 11.4. The fourth-order valence-electron chi connectivity index (χ4n) is 1.61. The number of aliphatic carboxylic acids is 1. The Bertz CT molecular complexity index is 452. The smallest absolute Gasteiger partial charge is 0.231 e. The number of ketones is 1. The summed E-state index contributed by atoms with van der Waals surface area (Å²) in [5.41, 5.74) is 0.507. The van der Waals surface area contributed by atoms with Crippen molar-refractivity contribution in [2.24, 2.45) is 0 Å². The molecular weight excluding hydrogens is 224 g/mol. The minimum Gasteiger partial charge on any atom is -0.550 e. The fourth-order valence-corrected chi connectivity index (χ4v) is 1.61. The second-order valence-electron chi connectivity index (χ2n) is 3.72. The first-order chi connectivity index (χ1) is 8.16. The maximum Gasteiger partial charge on any atom is 0.231 e. The third-order valence-electron chi connectivity index (χ3n) is 2.48. The summed E-state index contributed by atoms with van der Waals surface area (Å²) in [6.45, 7) is 0.164. The molecule has 0 aromatic heterocycles. The van der Waals surface area contributed by atoms with Gasteiger partial charge in [-0.05, 0) is 31.0 Å². The van der Waals surface area contributed by atoms with Gasteiger partial charge in [0.2, 0.25) is 6.79 Å². The lowest BCUT2D eigenvalue weighted by Gasteiger charge is -2.03. The Kier molecular flexibility index (Phi) is 3.27. The summed E-state index contributed by atoms with van der Waals surface area (Å²) in [7, 11) is 0. The molecule has 5 nitrogen and oxygen atoms in total. The van der Waals surface area contributed by atoms with Crippen LogP contribution in [-0.2, 0) is 4.79 Å². The number of ether oxygens (including phenoxy) is 2. The molecule has 1 aromatic rings. The normalized spacial score (nSPS) is 12.5. The van der Waals surface area contributed by atoms with E-state index in [1.165, 1.54) is 0 Å². The van der Waals surface area contributed by atoms with Crippen LogP contribution in [0.1, 0.15) is 29.6 Å². The van der Waals surface area contributed by atoms with Gasteiger partial charge in [-0.1, -0.05) is 0 Å². The number of fused-ring (bicyclic) bond motifs is 1. The van der Waals surface area contributed by atoms with E-state index in [0.29, 0.717) is 17.1 Å². The van der Waals surface area contributed by atoms with Gasteiger partial charge in [0, 0.05) is 18.0 Å². The summed E-state index contributed by atoms with van der Waals surface area (Å²) in [6.07, 6.45) is 0.375. The lowest BCUT2D eigenvalue weighted by molar-refractivity contribution is -0.305. The zero-order valence-electron chi connectivity index (χ0n) is 9.10. The van der Waals surface area contributed by atoms with Gasteiger partial charge in [-0.25, -0.2) is 0 Å². The van der Waals surface area contributed by atoms with Crippen molar-refractivity contribution in [2.75, 3.05) is 6.79 Å². The molecule has 0 N–H and O–H groups in total. The highest BCUT2D eigenvalue weighted by Crippen LogP contribution is 2.32. The molecule has 90 valence electrons. The average molecular weight is 235 g/mol. The third-order valence-corrected chi connectivity index (χ3v) is 2.48. The molecule has 0 saturated heterocycles. The van der Waals surface area contributed by atoms with Crippen molar-refractivity contribution in [1.29, 1.82) is 0 Å². The van der Waals surface area contributed by atoms with Crippen LogP contribution in [0.25, 0.3) is 0 Å². The van der Waals surface area contributed by atoms with E-state index in [0.717, 1.165) is 0 Å². The van der Waals surface area contributed by atoms with Crippen LogP contribution < -0.4 is 14.6 Å². The zero-order valence-corrected chi connectivity index (χ0v) is 9.10. The molecule has 1 aliphatic heterocycles. The number of carbonyl (C=O) groups excluding carboxylic acids is 2. The van der Waals surface area contributed by atoms with Crippen LogP contribution in [0.3, 0.4) is 0 Å². The number of rotatable bonds is 5. The van der Waals surface area contributed by atoms with E-state index in [9.17, 15) is 14.7 Å². The fraction of sp³-hybridized carbons (Fsp3) is 0.333. The van der Waals surface area contributed by atoms with Crippen molar-refractivity contribution >= 4 is 11.8 Å². The van der Waals surface area contributed by atoms with Gasteiger partial charge >= 0.3 is 0 Å². The lowest BCUT2D eigenvalue weighted by atomic mass is 10.1. The minimum atomic E-state index is -1.14. The van der Waals surface area contributed by atoms with E-state index >= 15 is 0 Å². The Hall–Kier alpha value is -2.04. The molecule has 1 aliphatic rings. The Morgan fingerprint density at radius 3 is 2.71 bits per heavy atom. The number of carboxylic acid groups (broad SMARTS) is 1. The minimum absolute atomic E-state index is 0.101. The topological polar surface area (TPSA) is 75.7 Å². The van der Waals surface area contributed by atoms with Crippen molar-refractivity contribution in [3.8, 4) is 11.5 Å². The van der Waals surface area contributed by atoms with Crippen LogP contribution in [0.4, 0.5) is 0 Å². The van der Waals surface area contributed by atoms with E-state index < -0.39 is 5.97 Å². The van der Waals surface area contributed by atoms with Gasteiger partial charge < -0.3 is 19.4 Å². The number of Topliss-reactive ketones (excluding diaryl/α,β-unsaturated/α-hetero) is 1. The molecule has 0 amide bonds. The van der Waals surface area contributed by atoms with Gasteiger partial charge in [0.1, 0.15) is 0 Å². The Labute approximate surface area is 98.0 Å². The molecule has 0 fully saturated rings. The molecule has 0 bridgehead atoms. The van der Waals surface area contributed by atoms with Crippen LogP contribution in [-0.4, -0.2) is 18.5 Å². The van der Waals surface area contributed by atoms with Crippen molar-refractivity contribution in [3.63, 3.8) is 0 Å². The molecule has 1 aromatic carbocycles. The molecule has 5 heteroatoms. The molecule has 1 heterocycles. The van der Waals surface area contributed by atoms with E-state index in [-0.39, 0.29) is 31.8 Å². The number of carbonyl (C=O) groups is 2. The molecule has 0 atom stereocenters. The second-order valence-corrected chi connectivity index (χ2v) is 3.72. The SMILES string of the molecule is O=C([O-])CCCC(=O)c1ccc2c(c1)OCO2. The summed E-state index contributed by atoms with van der Waals surface area (Å²) in [4.78, 5) is 21.9. The van der Waals surface area contributed by atoms with Crippen LogP contribution in [0, 0.1) is 0 Å². The second kappa shape index (κ2) is 4.86. The van der Waals surface area contributed by atoms with Crippen molar-refractivity contribution in [3.05, 3.63) is 23.8 Å². The quantitative estimate of drug-likeness (QED) is 0.695. The van der Waals surface area contributed by atoms with Gasteiger partial charge in [0.25, 0.3) is 0 Å². The number of carboxylic acids is 1. The molecule has 2 rings (SSSR count). The number of benzene rings is 1. The van der Waals surface area contributed by atoms with E-state index in [2.05, 4.69) is 0 Å². The monoisotopic (exact) mass is 235 g/mol. The summed E-state index contributed by atoms with van der Waals surface area (Å²) >= 11 is 0. The highest BCUT2D eigenvalue weighted by molar-refractivity contribution is 5.96. The van der Waals surface area contributed by atoms with Crippen molar-refractivity contribution in [1.82, 2.24) is 0 Å². The predicted octanol–water partition coefficient (Wildman–Crippen LogP) is 0.518. The molecule has 0 saturated carbocycles. The van der Waals surface area contributed by atoms with Crippen LogP contribution >= 0.6 is 0 Å². The highest BCUT2D eigenvalue weighted by atomic mass is 16.7. The molecule has 0 radical (unpaired) electrons. The third kappa shape index (κ3) is 2.75. The standard InChI is InChI=1S/C12H12O5/c13-9(2-1-3-12(14)15)8-4-5-10-11(6-8)17-7-16-10/h4-6H,1-3,7H2,(H,14,15)/p-1. The highest BCUT2D eigenvalue weighted by Gasteiger charge is 2.15. The first-order valence-corrected chi connectivity index (χ1v) is 5.29. The van der Waals surface area contributed by atoms with Gasteiger partial charge in [0.05, 0.1) is 0 Å². The Morgan fingerprint density at radius 2 is 1.94 bits per heavy atom. The number of hydrogen-bond acceptors (Lipinski definition) is 5. The molecule has 17 heavy (non-hydrogen) atoms. The Balaban J connectivity index is 1.97. The van der Waals surface area contributed by atoms with Crippen molar-refractivity contribution in [2.45, 2.75) is 19.3 Å². The van der Waals surface area contributed by atoms with E-state index in [1.54, 1.807) is 18.2 Å². The van der Waals surface area contributed by atoms with Gasteiger partial charge in [0.15, 0.2) is 17.3 Å². The summed E-state index contributed by atoms with van der Waals surface area (Å²) < 4.78 is 10.3.